The minimum atomic E-state index is -3.17. The Bertz CT molecular complexity index is 944. The van der Waals surface area contributed by atoms with Crippen molar-refractivity contribution in [3.63, 3.8) is 0 Å². The van der Waals surface area contributed by atoms with Gasteiger partial charge in [0.1, 0.15) is 23.9 Å². The lowest BCUT2D eigenvalue weighted by Crippen LogP contribution is -2.25. The fourth-order valence-electron chi connectivity index (χ4n) is 3.81. The van der Waals surface area contributed by atoms with E-state index in [1.54, 1.807) is 25.3 Å². The fraction of sp³-hybridized carbons (Fsp3) is 0.450. The number of aryl methyl sites for hydroxylation is 1. The minimum absolute atomic E-state index is 0.00226. The smallest absolute Gasteiger partial charge is 0.312 e. The Morgan fingerprint density at radius 1 is 1.36 bits per heavy atom. The number of carbonyl (C=O) groups is 1. The largest absolute Gasteiger partial charge is 0.378 e. The Morgan fingerprint density at radius 3 is 2.75 bits per heavy atom. The van der Waals surface area contributed by atoms with Crippen LogP contribution in [0.25, 0.3) is 0 Å². The summed E-state index contributed by atoms with van der Waals surface area (Å²) in [6.07, 6.45) is 3.83. The molecule has 4 rings (SSSR count). The molecule has 1 amide bonds. The third-order valence-corrected chi connectivity index (χ3v) is 5.30. The van der Waals surface area contributed by atoms with Gasteiger partial charge in [-0.25, -0.2) is 9.97 Å². The molecule has 2 aromatic heterocycles. The molecule has 0 radical (unpaired) electrons. The Morgan fingerprint density at radius 2 is 2.11 bits per heavy atom. The maximum absolute atomic E-state index is 14.4. The molecule has 6 nitrogen and oxygen atoms in total. The van der Waals surface area contributed by atoms with Crippen molar-refractivity contribution >= 4 is 23.2 Å². The average molecular weight is 388 g/mol. The van der Waals surface area contributed by atoms with Crippen molar-refractivity contribution in [3.8, 4) is 0 Å². The van der Waals surface area contributed by atoms with Gasteiger partial charge in [0, 0.05) is 43.8 Å². The van der Waals surface area contributed by atoms with Gasteiger partial charge in [-0.15, -0.1) is 0 Å². The zero-order valence-corrected chi connectivity index (χ0v) is 16.1. The molecular weight excluding hydrogens is 366 g/mol. The van der Waals surface area contributed by atoms with Gasteiger partial charge in [-0.05, 0) is 37.5 Å². The highest BCUT2D eigenvalue weighted by Gasteiger charge is 2.52. The molecule has 8 heteroatoms. The second-order valence-electron chi connectivity index (χ2n) is 7.66. The molecule has 1 N–H and O–H groups in total. The lowest BCUT2D eigenvalue weighted by atomic mass is 10.0. The maximum atomic E-state index is 14.4. The van der Waals surface area contributed by atoms with Crippen LogP contribution in [-0.4, -0.2) is 36.1 Å². The average Bonchev–Trinajstić information content (AvgIpc) is 3.31. The maximum Gasteiger partial charge on any atom is 0.312 e. The molecule has 0 aromatic carbocycles. The summed E-state index contributed by atoms with van der Waals surface area (Å²) in [5.41, 5.74) is 2.33. The number of methoxy groups -OCH3 is 1. The molecule has 28 heavy (non-hydrogen) atoms. The number of ether oxygens (including phenoxy) is 1. The van der Waals surface area contributed by atoms with E-state index in [1.165, 1.54) is 20.1 Å². The Balaban J connectivity index is 1.77. The number of anilines is 3. The molecule has 3 heterocycles. The molecule has 0 unspecified atom stereocenters. The Labute approximate surface area is 161 Å². The summed E-state index contributed by atoms with van der Waals surface area (Å²) in [5, 5.41) is 2.68. The van der Waals surface area contributed by atoms with Crippen LogP contribution in [0, 0.1) is 6.92 Å². The quantitative estimate of drug-likeness (QED) is 0.847. The summed E-state index contributed by atoms with van der Waals surface area (Å²) in [4.78, 5) is 22.0. The monoisotopic (exact) mass is 388 g/mol. The molecule has 1 aliphatic carbocycles. The molecule has 0 bridgehead atoms. The standard InChI is InChI=1S/C20H22F2N4O2/c1-12-6-16(20(21,22)11-28-3)25-18(7-12)26-10-19(4-5-19)14-9-23-17(8-15(14)26)24-13(2)27/h6-9H,4-5,10-11H2,1-3H3,(H,23,24,27). The number of fused-ring (bicyclic) bond motifs is 2. The molecule has 2 aromatic rings. The van der Waals surface area contributed by atoms with Crippen LogP contribution in [-0.2, 0) is 20.9 Å². The first-order valence-corrected chi connectivity index (χ1v) is 9.16. The second kappa shape index (κ2) is 6.48. The number of alkyl halides is 2. The fourth-order valence-corrected chi connectivity index (χ4v) is 3.81. The van der Waals surface area contributed by atoms with E-state index in [1.807, 2.05) is 4.90 Å². The van der Waals surface area contributed by atoms with Crippen molar-refractivity contribution in [2.45, 2.75) is 38.0 Å². The zero-order chi connectivity index (χ0) is 20.1. The van der Waals surface area contributed by atoms with Gasteiger partial charge in [0.2, 0.25) is 5.91 Å². The molecule has 1 spiro atoms. The van der Waals surface area contributed by atoms with Crippen LogP contribution in [0.1, 0.15) is 36.6 Å². The summed E-state index contributed by atoms with van der Waals surface area (Å²) >= 11 is 0. The normalized spacial score (nSPS) is 17.0. The molecule has 0 atom stereocenters. The number of halogens is 2. The van der Waals surface area contributed by atoms with Crippen molar-refractivity contribution in [3.05, 3.63) is 41.2 Å². The van der Waals surface area contributed by atoms with Gasteiger partial charge in [0.25, 0.3) is 0 Å². The number of hydrogen-bond donors (Lipinski definition) is 1. The van der Waals surface area contributed by atoms with Gasteiger partial charge in [-0.2, -0.15) is 8.78 Å². The van der Waals surface area contributed by atoms with Crippen LogP contribution in [0.2, 0.25) is 0 Å². The Kier molecular flexibility index (Phi) is 4.33. The Hall–Kier alpha value is -2.61. The van der Waals surface area contributed by atoms with Crippen LogP contribution in [0.5, 0.6) is 0 Å². The first kappa shape index (κ1) is 18.7. The van der Waals surface area contributed by atoms with E-state index in [-0.39, 0.29) is 17.0 Å². The first-order valence-electron chi connectivity index (χ1n) is 9.16. The van der Waals surface area contributed by atoms with Crippen molar-refractivity contribution in [2.75, 3.05) is 30.5 Å². The zero-order valence-electron chi connectivity index (χ0n) is 16.1. The summed E-state index contributed by atoms with van der Waals surface area (Å²) in [7, 11) is 1.24. The van der Waals surface area contributed by atoms with Crippen molar-refractivity contribution in [2.24, 2.45) is 0 Å². The highest BCUT2D eigenvalue weighted by atomic mass is 19.3. The van der Waals surface area contributed by atoms with Gasteiger partial charge in [-0.3, -0.25) is 4.79 Å². The highest BCUT2D eigenvalue weighted by Crippen LogP contribution is 2.58. The molecular formula is C20H22F2N4O2. The third-order valence-electron chi connectivity index (χ3n) is 5.30. The second-order valence-corrected chi connectivity index (χ2v) is 7.66. The van der Waals surface area contributed by atoms with Crippen molar-refractivity contribution in [1.82, 2.24) is 9.97 Å². The van der Waals surface area contributed by atoms with Crippen LogP contribution < -0.4 is 10.2 Å². The van der Waals surface area contributed by atoms with Gasteiger partial charge >= 0.3 is 5.92 Å². The number of rotatable bonds is 5. The van der Waals surface area contributed by atoms with E-state index in [9.17, 15) is 13.6 Å². The lowest BCUT2D eigenvalue weighted by Gasteiger charge is -2.23. The molecule has 1 aliphatic heterocycles. The van der Waals surface area contributed by atoms with E-state index in [4.69, 9.17) is 0 Å². The highest BCUT2D eigenvalue weighted by molar-refractivity contribution is 5.89. The summed E-state index contributed by atoms with van der Waals surface area (Å²) in [5.74, 6) is -2.48. The van der Waals surface area contributed by atoms with Crippen LogP contribution in [0.3, 0.4) is 0 Å². The predicted octanol–water partition coefficient (Wildman–Crippen LogP) is 3.66. The SMILES string of the molecule is COCC(F)(F)c1cc(C)cc(N2CC3(CC3)c3cnc(NC(C)=O)cc32)n1. The van der Waals surface area contributed by atoms with Crippen molar-refractivity contribution < 1.29 is 18.3 Å². The van der Waals surface area contributed by atoms with Gasteiger partial charge in [-0.1, -0.05) is 0 Å². The van der Waals surface area contributed by atoms with Crippen LogP contribution >= 0.6 is 0 Å². The van der Waals surface area contributed by atoms with Crippen molar-refractivity contribution in [1.29, 1.82) is 0 Å². The van der Waals surface area contributed by atoms with Crippen LogP contribution in [0.15, 0.2) is 24.4 Å². The lowest BCUT2D eigenvalue weighted by molar-refractivity contribution is -0.114. The third kappa shape index (κ3) is 3.22. The van der Waals surface area contributed by atoms with Crippen LogP contribution in [0.4, 0.5) is 26.1 Å². The minimum Gasteiger partial charge on any atom is -0.378 e. The van der Waals surface area contributed by atoms with E-state index in [0.29, 0.717) is 23.7 Å². The number of aromatic nitrogens is 2. The summed E-state index contributed by atoms with van der Waals surface area (Å²) in [6.45, 7) is 3.14. The molecule has 148 valence electrons. The van der Waals surface area contributed by atoms with Gasteiger partial charge in [0.05, 0.1) is 5.69 Å². The molecule has 1 fully saturated rings. The number of pyridine rings is 2. The predicted molar refractivity (Wildman–Crippen MR) is 101 cm³/mol. The number of nitrogens with zero attached hydrogens (tertiary/aromatic N) is 3. The number of amides is 1. The van der Waals surface area contributed by atoms with E-state index in [2.05, 4.69) is 20.0 Å². The number of hydrogen-bond acceptors (Lipinski definition) is 5. The van der Waals surface area contributed by atoms with Gasteiger partial charge in [0.15, 0.2) is 0 Å². The molecule has 2 aliphatic rings. The first-order chi connectivity index (χ1) is 13.2. The van der Waals surface area contributed by atoms with E-state index in [0.717, 1.165) is 24.1 Å². The number of nitrogens with one attached hydrogen (secondary N) is 1. The summed E-state index contributed by atoms with van der Waals surface area (Å²) in [6, 6.07) is 4.98. The molecule has 0 saturated heterocycles. The molecule has 1 saturated carbocycles. The number of carbonyl (C=O) groups excluding carboxylic acids is 1. The van der Waals surface area contributed by atoms with E-state index < -0.39 is 12.5 Å². The summed E-state index contributed by atoms with van der Waals surface area (Å²) < 4.78 is 33.5. The van der Waals surface area contributed by atoms with Gasteiger partial charge < -0.3 is 15.0 Å². The topological polar surface area (TPSA) is 67.3 Å². The van der Waals surface area contributed by atoms with E-state index >= 15 is 0 Å².